The summed E-state index contributed by atoms with van der Waals surface area (Å²) in [6, 6.07) is 3.42. The van der Waals surface area contributed by atoms with Gasteiger partial charge >= 0.3 is 5.97 Å². The van der Waals surface area contributed by atoms with E-state index in [0.29, 0.717) is 13.2 Å². The van der Waals surface area contributed by atoms with Crippen molar-refractivity contribution in [2.75, 3.05) is 20.7 Å². The standard InChI is InChI=1S/C10H15NO3/c1-4-13-10(12)9-6-5-8(14-9)7-11(2)3/h5-6H,4,7H2,1-3H3. The van der Waals surface area contributed by atoms with Gasteiger partial charge in [0, 0.05) is 0 Å². The number of ether oxygens (including phenoxy) is 1. The van der Waals surface area contributed by atoms with Crippen molar-refractivity contribution in [2.45, 2.75) is 13.5 Å². The number of hydrogen-bond donors (Lipinski definition) is 0. The number of carbonyl (C=O) groups excluding carboxylic acids is 1. The first-order valence-corrected chi connectivity index (χ1v) is 4.54. The predicted octanol–water partition coefficient (Wildman–Crippen LogP) is 1.52. The van der Waals surface area contributed by atoms with Gasteiger partial charge in [0.25, 0.3) is 0 Å². The van der Waals surface area contributed by atoms with Gasteiger partial charge in [-0.25, -0.2) is 4.79 Å². The number of furan rings is 1. The summed E-state index contributed by atoms with van der Waals surface area (Å²) in [5.74, 6) is 0.624. The Labute approximate surface area is 83.5 Å². The molecule has 0 aliphatic heterocycles. The third kappa shape index (κ3) is 2.88. The maximum absolute atomic E-state index is 11.2. The molecule has 0 radical (unpaired) electrons. The van der Waals surface area contributed by atoms with Gasteiger partial charge in [-0.2, -0.15) is 0 Å². The van der Waals surface area contributed by atoms with Gasteiger partial charge < -0.3 is 14.1 Å². The highest BCUT2D eigenvalue weighted by atomic mass is 16.5. The Morgan fingerprint density at radius 3 is 2.79 bits per heavy atom. The van der Waals surface area contributed by atoms with Crippen LogP contribution in [0.3, 0.4) is 0 Å². The molecule has 14 heavy (non-hydrogen) atoms. The Balaban J connectivity index is 2.63. The van der Waals surface area contributed by atoms with Crippen LogP contribution < -0.4 is 0 Å². The predicted molar refractivity (Wildman–Crippen MR) is 52.1 cm³/mol. The Hall–Kier alpha value is -1.29. The monoisotopic (exact) mass is 197 g/mol. The fraction of sp³-hybridized carbons (Fsp3) is 0.500. The molecule has 4 heteroatoms. The van der Waals surface area contributed by atoms with Crippen LogP contribution in [0.1, 0.15) is 23.2 Å². The Bertz CT molecular complexity index is 304. The van der Waals surface area contributed by atoms with Crippen molar-refractivity contribution < 1.29 is 13.9 Å². The minimum atomic E-state index is -0.405. The summed E-state index contributed by atoms with van der Waals surface area (Å²) in [4.78, 5) is 13.2. The molecule has 0 spiro atoms. The molecule has 0 unspecified atom stereocenters. The average Bonchev–Trinajstić information content (AvgIpc) is 2.52. The molecule has 0 atom stereocenters. The number of hydrogen-bond acceptors (Lipinski definition) is 4. The Morgan fingerprint density at radius 2 is 2.21 bits per heavy atom. The molecular weight excluding hydrogens is 182 g/mol. The molecule has 0 saturated carbocycles. The van der Waals surface area contributed by atoms with E-state index in [-0.39, 0.29) is 5.76 Å². The summed E-state index contributed by atoms with van der Waals surface area (Å²) in [7, 11) is 3.87. The van der Waals surface area contributed by atoms with E-state index in [9.17, 15) is 4.79 Å². The van der Waals surface area contributed by atoms with E-state index < -0.39 is 5.97 Å². The zero-order chi connectivity index (χ0) is 10.6. The van der Waals surface area contributed by atoms with Crippen molar-refractivity contribution in [3.8, 4) is 0 Å². The van der Waals surface area contributed by atoms with Crippen molar-refractivity contribution in [3.05, 3.63) is 23.7 Å². The number of nitrogens with zero attached hydrogens (tertiary/aromatic N) is 1. The zero-order valence-electron chi connectivity index (χ0n) is 8.74. The molecule has 1 aromatic rings. The van der Waals surface area contributed by atoms with Gasteiger partial charge in [-0.05, 0) is 33.2 Å². The van der Waals surface area contributed by atoms with Crippen LogP contribution in [0.15, 0.2) is 16.5 Å². The van der Waals surface area contributed by atoms with Gasteiger partial charge in [0.05, 0.1) is 13.2 Å². The van der Waals surface area contributed by atoms with E-state index in [1.165, 1.54) is 0 Å². The molecule has 0 aliphatic carbocycles. The summed E-state index contributed by atoms with van der Waals surface area (Å²) in [6.07, 6.45) is 0. The minimum Gasteiger partial charge on any atom is -0.460 e. The normalized spacial score (nSPS) is 10.6. The summed E-state index contributed by atoms with van der Waals surface area (Å²) in [5.41, 5.74) is 0. The second kappa shape index (κ2) is 4.81. The lowest BCUT2D eigenvalue weighted by Gasteiger charge is -2.05. The van der Waals surface area contributed by atoms with E-state index in [2.05, 4.69) is 0 Å². The topological polar surface area (TPSA) is 42.7 Å². The second-order valence-corrected chi connectivity index (χ2v) is 3.22. The number of esters is 1. The van der Waals surface area contributed by atoms with Crippen molar-refractivity contribution in [3.63, 3.8) is 0 Å². The lowest BCUT2D eigenvalue weighted by Crippen LogP contribution is -2.09. The molecule has 0 bridgehead atoms. The van der Waals surface area contributed by atoms with Crippen LogP contribution in [-0.4, -0.2) is 31.6 Å². The number of carbonyl (C=O) groups is 1. The second-order valence-electron chi connectivity index (χ2n) is 3.22. The minimum absolute atomic E-state index is 0.267. The van der Waals surface area contributed by atoms with Gasteiger partial charge in [-0.3, -0.25) is 0 Å². The fourth-order valence-electron chi connectivity index (χ4n) is 1.09. The van der Waals surface area contributed by atoms with Crippen molar-refractivity contribution in [2.24, 2.45) is 0 Å². The van der Waals surface area contributed by atoms with Crippen molar-refractivity contribution in [1.82, 2.24) is 4.90 Å². The van der Waals surface area contributed by atoms with Gasteiger partial charge in [0.15, 0.2) is 0 Å². The van der Waals surface area contributed by atoms with Crippen LogP contribution in [0.25, 0.3) is 0 Å². The van der Waals surface area contributed by atoms with E-state index in [0.717, 1.165) is 5.76 Å². The maximum atomic E-state index is 11.2. The highest BCUT2D eigenvalue weighted by Crippen LogP contribution is 2.10. The lowest BCUT2D eigenvalue weighted by molar-refractivity contribution is 0.0487. The first-order chi connectivity index (χ1) is 6.63. The third-order valence-electron chi connectivity index (χ3n) is 1.61. The summed E-state index contributed by atoms with van der Waals surface area (Å²) >= 11 is 0. The lowest BCUT2D eigenvalue weighted by atomic mass is 10.4. The molecule has 1 rings (SSSR count). The molecule has 0 N–H and O–H groups in total. The Kier molecular flexibility index (Phi) is 3.71. The van der Waals surface area contributed by atoms with Crippen molar-refractivity contribution in [1.29, 1.82) is 0 Å². The van der Waals surface area contributed by atoms with Crippen molar-refractivity contribution >= 4 is 5.97 Å². The van der Waals surface area contributed by atoms with Crippen LogP contribution in [-0.2, 0) is 11.3 Å². The quantitative estimate of drug-likeness (QED) is 0.686. The summed E-state index contributed by atoms with van der Waals surface area (Å²) in [6.45, 7) is 2.81. The first kappa shape index (κ1) is 10.8. The molecular formula is C10H15NO3. The van der Waals surface area contributed by atoms with Gasteiger partial charge in [-0.1, -0.05) is 0 Å². The molecule has 1 aromatic heterocycles. The van der Waals surface area contributed by atoms with Crippen LogP contribution in [0.5, 0.6) is 0 Å². The largest absolute Gasteiger partial charge is 0.460 e. The molecule has 78 valence electrons. The highest BCUT2D eigenvalue weighted by Gasteiger charge is 2.11. The fourth-order valence-corrected chi connectivity index (χ4v) is 1.09. The van der Waals surface area contributed by atoms with Gasteiger partial charge in [-0.15, -0.1) is 0 Å². The maximum Gasteiger partial charge on any atom is 0.374 e. The van der Waals surface area contributed by atoms with E-state index in [1.54, 1.807) is 19.1 Å². The SMILES string of the molecule is CCOC(=O)c1ccc(CN(C)C)o1. The molecule has 1 heterocycles. The van der Waals surface area contributed by atoms with Gasteiger partial charge in [0.1, 0.15) is 5.76 Å². The van der Waals surface area contributed by atoms with E-state index >= 15 is 0 Å². The van der Waals surface area contributed by atoms with Crippen LogP contribution in [0.2, 0.25) is 0 Å². The highest BCUT2D eigenvalue weighted by molar-refractivity contribution is 5.86. The molecule has 0 fully saturated rings. The van der Waals surface area contributed by atoms with Gasteiger partial charge in [0.2, 0.25) is 5.76 Å². The average molecular weight is 197 g/mol. The zero-order valence-corrected chi connectivity index (χ0v) is 8.74. The molecule has 0 saturated heterocycles. The smallest absolute Gasteiger partial charge is 0.374 e. The van der Waals surface area contributed by atoms with Crippen LogP contribution in [0.4, 0.5) is 0 Å². The summed E-state index contributed by atoms with van der Waals surface area (Å²) in [5, 5.41) is 0. The van der Waals surface area contributed by atoms with E-state index in [1.807, 2.05) is 19.0 Å². The van der Waals surface area contributed by atoms with Crippen LogP contribution in [0, 0.1) is 0 Å². The molecule has 0 aliphatic rings. The third-order valence-corrected chi connectivity index (χ3v) is 1.61. The molecule has 0 amide bonds. The summed E-state index contributed by atoms with van der Waals surface area (Å²) < 4.78 is 10.1. The molecule has 4 nitrogen and oxygen atoms in total. The molecule has 0 aromatic carbocycles. The van der Waals surface area contributed by atoms with E-state index in [4.69, 9.17) is 9.15 Å². The van der Waals surface area contributed by atoms with Crippen LogP contribution >= 0.6 is 0 Å². The first-order valence-electron chi connectivity index (χ1n) is 4.54. The number of rotatable bonds is 4. The Morgan fingerprint density at radius 1 is 1.50 bits per heavy atom.